The van der Waals surface area contributed by atoms with E-state index in [1.165, 1.54) is 7.11 Å². The Morgan fingerprint density at radius 2 is 2.03 bits per heavy atom. The second-order valence-electron chi connectivity index (χ2n) is 6.94. The molecule has 0 aromatic heterocycles. The molecule has 0 amide bonds. The van der Waals surface area contributed by atoms with E-state index in [2.05, 4.69) is 0 Å². The van der Waals surface area contributed by atoms with Gasteiger partial charge in [-0.15, -0.1) is 0 Å². The van der Waals surface area contributed by atoms with E-state index in [1.54, 1.807) is 19.9 Å². The van der Waals surface area contributed by atoms with Crippen LogP contribution in [-0.4, -0.2) is 59.9 Å². The molecular formula is C17H25N2O9PS. The minimum atomic E-state index is -4.41. The molecule has 0 bridgehead atoms. The van der Waals surface area contributed by atoms with Crippen LogP contribution in [0.3, 0.4) is 0 Å². The Labute approximate surface area is 174 Å². The van der Waals surface area contributed by atoms with Gasteiger partial charge in [0.1, 0.15) is 23.7 Å². The molecule has 1 aromatic carbocycles. The number of allylic oxidation sites excluding steroid dienone is 1. The maximum atomic E-state index is 11.9. The fourth-order valence-electron chi connectivity index (χ4n) is 3.19. The zero-order chi connectivity index (χ0) is 22.9. The van der Waals surface area contributed by atoms with Gasteiger partial charge in [0.05, 0.1) is 13.3 Å². The topological polar surface area (TPSA) is 177 Å². The summed E-state index contributed by atoms with van der Waals surface area (Å²) < 4.78 is 45.7. The predicted molar refractivity (Wildman–Crippen MR) is 108 cm³/mol. The van der Waals surface area contributed by atoms with Crippen molar-refractivity contribution in [3.63, 3.8) is 0 Å². The van der Waals surface area contributed by atoms with E-state index in [9.17, 15) is 22.9 Å². The average Bonchev–Trinajstić information content (AvgIpc) is 3.00. The van der Waals surface area contributed by atoms with Crippen LogP contribution in [0.25, 0.3) is 0 Å². The standard InChI is InChI=1S/C17H25N2O9PS/c1-10(8-19(30(18,25)26)6-7-29(22,23)24)4-5-12-15(20)14-13(9-28-17(14)21)11(2)16(12)27-3/h4,20H,5-9H2,1-3H3,(H2,18,25,26)(H2,22,23,24)/b10-4+. The van der Waals surface area contributed by atoms with Crippen LogP contribution >= 0.6 is 7.60 Å². The Balaban J connectivity index is 2.30. The molecule has 0 radical (unpaired) electrons. The van der Waals surface area contributed by atoms with E-state index >= 15 is 0 Å². The molecule has 1 aliphatic rings. The molecule has 168 valence electrons. The maximum absolute atomic E-state index is 11.9. The summed E-state index contributed by atoms with van der Waals surface area (Å²) in [6.07, 6.45) is 1.05. The number of benzene rings is 1. The van der Waals surface area contributed by atoms with E-state index in [-0.39, 0.29) is 30.9 Å². The fourth-order valence-corrected chi connectivity index (χ4v) is 4.55. The molecule has 0 atom stereocenters. The second kappa shape index (κ2) is 9.04. The summed E-state index contributed by atoms with van der Waals surface area (Å²) in [4.78, 5) is 29.9. The summed E-state index contributed by atoms with van der Waals surface area (Å²) in [7, 11) is -7.17. The number of hydrogen-bond donors (Lipinski definition) is 4. The van der Waals surface area contributed by atoms with Gasteiger partial charge in [-0.05, 0) is 25.8 Å². The van der Waals surface area contributed by atoms with Crippen molar-refractivity contribution in [3.8, 4) is 11.5 Å². The highest BCUT2D eigenvalue weighted by Crippen LogP contribution is 2.42. The Hall–Kier alpha value is -1.95. The van der Waals surface area contributed by atoms with Gasteiger partial charge in [-0.25, -0.2) is 9.93 Å². The highest BCUT2D eigenvalue weighted by molar-refractivity contribution is 7.86. The molecule has 0 spiro atoms. The minimum absolute atomic E-state index is 0.0436. The highest BCUT2D eigenvalue weighted by Gasteiger charge is 2.32. The molecule has 13 heteroatoms. The van der Waals surface area contributed by atoms with Crippen molar-refractivity contribution in [3.05, 3.63) is 33.9 Å². The molecule has 1 heterocycles. The number of methoxy groups -OCH3 is 1. The first-order chi connectivity index (χ1) is 13.8. The molecule has 0 saturated heterocycles. The van der Waals surface area contributed by atoms with Gasteiger partial charge in [0.25, 0.3) is 10.2 Å². The molecule has 0 aliphatic carbocycles. The smallest absolute Gasteiger partial charge is 0.342 e. The lowest BCUT2D eigenvalue weighted by Gasteiger charge is -2.20. The number of nitrogens with two attached hydrogens (primary N) is 1. The monoisotopic (exact) mass is 464 g/mol. The molecule has 1 aliphatic heterocycles. The zero-order valence-electron chi connectivity index (χ0n) is 16.8. The van der Waals surface area contributed by atoms with E-state index in [1.807, 2.05) is 0 Å². The van der Waals surface area contributed by atoms with Crippen LogP contribution in [0, 0.1) is 6.92 Å². The third kappa shape index (κ3) is 5.60. The average molecular weight is 464 g/mol. The number of carbonyl (C=O) groups is 1. The largest absolute Gasteiger partial charge is 0.507 e. The molecule has 30 heavy (non-hydrogen) atoms. The van der Waals surface area contributed by atoms with Crippen LogP contribution < -0.4 is 9.88 Å². The van der Waals surface area contributed by atoms with Gasteiger partial charge in [0.2, 0.25) is 0 Å². The van der Waals surface area contributed by atoms with Gasteiger partial charge in [-0.3, -0.25) is 4.57 Å². The van der Waals surface area contributed by atoms with Gasteiger partial charge < -0.3 is 24.4 Å². The minimum Gasteiger partial charge on any atom is -0.507 e. The van der Waals surface area contributed by atoms with Crippen molar-refractivity contribution in [1.82, 2.24) is 4.31 Å². The maximum Gasteiger partial charge on any atom is 0.342 e. The summed E-state index contributed by atoms with van der Waals surface area (Å²) >= 11 is 0. The van der Waals surface area contributed by atoms with Gasteiger partial charge >= 0.3 is 13.6 Å². The number of esters is 1. The number of nitrogens with zero attached hydrogens (tertiary/aromatic N) is 1. The van der Waals surface area contributed by atoms with Crippen LogP contribution in [0.1, 0.15) is 34.0 Å². The Morgan fingerprint density at radius 1 is 1.40 bits per heavy atom. The summed E-state index contributed by atoms with van der Waals surface area (Å²) in [5, 5.41) is 15.7. The highest BCUT2D eigenvalue weighted by atomic mass is 32.2. The van der Waals surface area contributed by atoms with Crippen molar-refractivity contribution in [2.75, 3.05) is 26.4 Å². The number of phenolic OH excluding ortho intramolecular Hbond substituents is 1. The Kier molecular flexibility index (Phi) is 7.33. The Morgan fingerprint density at radius 3 is 2.57 bits per heavy atom. The third-order valence-electron chi connectivity index (χ3n) is 4.73. The first kappa shape index (κ1) is 24.3. The van der Waals surface area contributed by atoms with Gasteiger partial charge in [-0.2, -0.15) is 12.7 Å². The van der Waals surface area contributed by atoms with E-state index in [0.29, 0.717) is 28.0 Å². The summed E-state index contributed by atoms with van der Waals surface area (Å²) in [6.45, 7) is 2.74. The third-order valence-corrected chi connectivity index (χ3v) is 6.54. The normalized spacial score (nSPS) is 14.8. The summed E-state index contributed by atoms with van der Waals surface area (Å²) in [6, 6.07) is 0. The van der Waals surface area contributed by atoms with Crippen LogP contribution in [0.15, 0.2) is 11.6 Å². The van der Waals surface area contributed by atoms with Gasteiger partial charge in [0.15, 0.2) is 0 Å². The number of ether oxygens (including phenoxy) is 2. The second-order valence-corrected chi connectivity index (χ2v) is 10.3. The molecule has 0 fully saturated rings. The molecular weight excluding hydrogens is 439 g/mol. The molecule has 5 N–H and O–H groups in total. The quantitative estimate of drug-likeness (QED) is 0.231. The first-order valence-corrected chi connectivity index (χ1v) is 12.1. The number of aromatic hydroxyl groups is 1. The molecule has 0 unspecified atom stereocenters. The predicted octanol–water partition coefficient (Wildman–Crippen LogP) is 0.552. The molecule has 1 aromatic rings. The number of carbonyl (C=O) groups excluding carboxylic acids is 1. The number of fused-ring (bicyclic) bond motifs is 1. The zero-order valence-corrected chi connectivity index (χ0v) is 18.5. The first-order valence-electron chi connectivity index (χ1n) is 8.82. The number of hydrogen-bond acceptors (Lipinski definition) is 7. The molecule has 2 rings (SSSR count). The lowest BCUT2D eigenvalue weighted by atomic mass is 9.95. The van der Waals surface area contributed by atoms with Crippen LogP contribution in [0.4, 0.5) is 0 Å². The summed E-state index contributed by atoms with van der Waals surface area (Å²) in [5.74, 6) is -0.504. The number of phenols is 1. The van der Waals surface area contributed by atoms with E-state index < -0.39 is 36.5 Å². The SMILES string of the molecule is COc1c(C)c2c(c(O)c1C/C=C(\C)CN(CCP(=O)(O)O)S(N)(=O)=O)C(=O)OC2. The Bertz CT molecular complexity index is 1030. The van der Waals surface area contributed by atoms with Crippen LogP contribution in [0.2, 0.25) is 0 Å². The van der Waals surface area contributed by atoms with E-state index in [4.69, 9.17) is 24.4 Å². The fraction of sp³-hybridized carbons (Fsp3) is 0.471. The van der Waals surface area contributed by atoms with Crippen LogP contribution in [-0.2, 0) is 32.5 Å². The lowest BCUT2D eigenvalue weighted by molar-refractivity contribution is 0.0532. The lowest BCUT2D eigenvalue weighted by Crippen LogP contribution is -2.39. The van der Waals surface area contributed by atoms with Crippen molar-refractivity contribution in [1.29, 1.82) is 0 Å². The van der Waals surface area contributed by atoms with Crippen molar-refractivity contribution >= 4 is 23.8 Å². The van der Waals surface area contributed by atoms with Crippen molar-refractivity contribution in [2.24, 2.45) is 5.14 Å². The van der Waals surface area contributed by atoms with E-state index in [0.717, 1.165) is 4.31 Å². The van der Waals surface area contributed by atoms with Crippen LogP contribution in [0.5, 0.6) is 11.5 Å². The number of cyclic esters (lactones) is 1. The summed E-state index contributed by atoms with van der Waals surface area (Å²) in [5.41, 5.74) is 2.14. The van der Waals surface area contributed by atoms with Crippen molar-refractivity contribution < 1.29 is 42.1 Å². The van der Waals surface area contributed by atoms with Crippen molar-refractivity contribution in [2.45, 2.75) is 26.9 Å². The number of rotatable bonds is 9. The van der Waals surface area contributed by atoms with Gasteiger partial charge in [-0.1, -0.05) is 11.6 Å². The molecule has 0 saturated carbocycles. The molecule has 11 nitrogen and oxygen atoms in total. The van der Waals surface area contributed by atoms with Gasteiger partial charge in [0, 0.05) is 24.2 Å².